The van der Waals surface area contributed by atoms with Gasteiger partial charge in [0.25, 0.3) is 0 Å². The number of hydrogen-bond acceptors (Lipinski definition) is 5. The maximum Gasteiger partial charge on any atom is 0.323 e. The van der Waals surface area contributed by atoms with Gasteiger partial charge in [-0.15, -0.1) is 0 Å². The van der Waals surface area contributed by atoms with Crippen LogP contribution in [0.4, 0.5) is 0 Å². The molecule has 1 saturated heterocycles. The number of methoxy groups -OCH3 is 2. The number of likely N-dealkylation sites (tertiary alicyclic amines) is 1. The van der Waals surface area contributed by atoms with E-state index in [2.05, 4.69) is 6.07 Å². The maximum atomic E-state index is 11.8. The van der Waals surface area contributed by atoms with Gasteiger partial charge in [0, 0.05) is 26.6 Å². The molecule has 0 aliphatic carbocycles. The molecule has 1 aromatic rings. The fourth-order valence-electron chi connectivity index (χ4n) is 2.57. The topological polar surface area (TPSA) is 62.6 Å². The zero-order chi connectivity index (χ0) is 14.5. The summed E-state index contributed by atoms with van der Waals surface area (Å²) in [7, 11) is 3.04. The summed E-state index contributed by atoms with van der Waals surface area (Å²) in [5, 5.41) is 9.13. The monoisotopic (exact) mass is 274 g/mol. The van der Waals surface area contributed by atoms with Crippen LogP contribution in [-0.4, -0.2) is 43.8 Å². The Morgan fingerprint density at radius 3 is 2.85 bits per heavy atom. The standard InChI is InChI=1S/C15H18N2O3/c1-19-13-7-14(15(18)20-2)17(10-13)9-12-6-4-3-5-11(12)8-16/h3-6,13-14H,7,9-10H2,1-2H3/t13-,14-/m1/s1. The van der Waals surface area contributed by atoms with Gasteiger partial charge in [0.05, 0.1) is 24.8 Å². The molecule has 0 spiro atoms. The second-order valence-corrected chi connectivity index (χ2v) is 4.83. The first kappa shape index (κ1) is 14.5. The second kappa shape index (κ2) is 6.51. The van der Waals surface area contributed by atoms with E-state index in [1.54, 1.807) is 13.2 Å². The molecule has 5 heteroatoms. The van der Waals surface area contributed by atoms with E-state index in [4.69, 9.17) is 14.7 Å². The van der Waals surface area contributed by atoms with Gasteiger partial charge in [-0.25, -0.2) is 0 Å². The number of rotatable bonds is 4. The third-order valence-electron chi connectivity index (χ3n) is 3.68. The molecule has 106 valence electrons. The van der Waals surface area contributed by atoms with Crippen LogP contribution >= 0.6 is 0 Å². The molecular formula is C15H18N2O3. The van der Waals surface area contributed by atoms with Crippen molar-refractivity contribution in [3.05, 3.63) is 35.4 Å². The van der Waals surface area contributed by atoms with Crippen LogP contribution in [0, 0.1) is 11.3 Å². The number of nitriles is 1. The molecule has 0 N–H and O–H groups in total. The van der Waals surface area contributed by atoms with Crippen LogP contribution < -0.4 is 0 Å². The molecule has 1 fully saturated rings. The lowest BCUT2D eigenvalue weighted by Gasteiger charge is -2.22. The molecule has 0 bridgehead atoms. The highest BCUT2D eigenvalue weighted by Gasteiger charge is 2.37. The van der Waals surface area contributed by atoms with Crippen LogP contribution in [0.5, 0.6) is 0 Å². The molecule has 0 saturated carbocycles. The Hall–Kier alpha value is -1.90. The molecule has 0 unspecified atom stereocenters. The highest BCUT2D eigenvalue weighted by molar-refractivity contribution is 5.76. The highest BCUT2D eigenvalue weighted by Crippen LogP contribution is 2.24. The minimum atomic E-state index is -0.309. The lowest BCUT2D eigenvalue weighted by atomic mass is 10.1. The SMILES string of the molecule is COC(=O)[C@H]1C[C@@H](OC)CN1Cc1ccccc1C#N. The molecular weight excluding hydrogens is 256 g/mol. The van der Waals surface area contributed by atoms with Crippen LogP contribution in [0.1, 0.15) is 17.5 Å². The van der Waals surface area contributed by atoms with Crippen LogP contribution in [0.25, 0.3) is 0 Å². The highest BCUT2D eigenvalue weighted by atomic mass is 16.5. The van der Waals surface area contributed by atoms with Crippen molar-refractivity contribution in [3.8, 4) is 6.07 Å². The molecule has 5 nitrogen and oxygen atoms in total. The number of hydrogen-bond donors (Lipinski definition) is 0. The first-order chi connectivity index (χ1) is 9.69. The van der Waals surface area contributed by atoms with E-state index < -0.39 is 0 Å². The molecule has 1 aliphatic rings. The van der Waals surface area contributed by atoms with Crippen molar-refractivity contribution in [2.24, 2.45) is 0 Å². The average molecular weight is 274 g/mol. The third-order valence-corrected chi connectivity index (χ3v) is 3.68. The summed E-state index contributed by atoms with van der Waals surface area (Å²) in [5.41, 5.74) is 1.55. The molecule has 1 aromatic carbocycles. The molecule has 20 heavy (non-hydrogen) atoms. The second-order valence-electron chi connectivity index (χ2n) is 4.83. The Morgan fingerprint density at radius 1 is 1.45 bits per heavy atom. The Bertz CT molecular complexity index is 524. The van der Waals surface area contributed by atoms with Gasteiger partial charge in [0.15, 0.2) is 0 Å². The Morgan fingerprint density at radius 2 is 2.20 bits per heavy atom. The van der Waals surface area contributed by atoms with E-state index in [1.165, 1.54) is 7.11 Å². The third kappa shape index (κ3) is 2.98. The summed E-state index contributed by atoms with van der Waals surface area (Å²) in [6.45, 7) is 1.21. The fraction of sp³-hybridized carbons (Fsp3) is 0.467. The van der Waals surface area contributed by atoms with Gasteiger partial charge >= 0.3 is 5.97 Å². The van der Waals surface area contributed by atoms with Crippen LogP contribution in [0.2, 0.25) is 0 Å². The number of carbonyl (C=O) groups excluding carboxylic acids is 1. The molecule has 1 aliphatic heterocycles. The van der Waals surface area contributed by atoms with Gasteiger partial charge in [-0.05, 0) is 11.6 Å². The normalized spacial score (nSPS) is 22.4. The smallest absolute Gasteiger partial charge is 0.323 e. The Balaban J connectivity index is 2.17. The Labute approximate surface area is 118 Å². The number of nitrogens with zero attached hydrogens (tertiary/aromatic N) is 2. The predicted octanol–water partition coefficient (Wildman–Crippen LogP) is 1.32. The van der Waals surface area contributed by atoms with Crippen molar-refractivity contribution in [1.82, 2.24) is 4.90 Å². The molecule has 2 atom stereocenters. The largest absolute Gasteiger partial charge is 0.468 e. The van der Waals surface area contributed by atoms with E-state index in [9.17, 15) is 4.79 Å². The van der Waals surface area contributed by atoms with Crippen LogP contribution in [0.15, 0.2) is 24.3 Å². The lowest BCUT2D eigenvalue weighted by Crippen LogP contribution is -2.36. The summed E-state index contributed by atoms with van der Waals surface area (Å²) in [4.78, 5) is 13.9. The van der Waals surface area contributed by atoms with Gasteiger partial charge in [-0.3, -0.25) is 9.69 Å². The lowest BCUT2D eigenvalue weighted by molar-refractivity contribution is -0.146. The van der Waals surface area contributed by atoms with E-state index in [0.29, 0.717) is 25.1 Å². The van der Waals surface area contributed by atoms with E-state index in [1.807, 2.05) is 23.1 Å². The van der Waals surface area contributed by atoms with Gasteiger partial charge in [0.2, 0.25) is 0 Å². The van der Waals surface area contributed by atoms with E-state index in [0.717, 1.165) is 5.56 Å². The van der Waals surface area contributed by atoms with Crippen LogP contribution in [0.3, 0.4) is 0 Å². The van der Waals surface area contributed by atoms with E-state index in [-0.39, 0.29) is 18.1 Å². The summed E-state index contributed by atoms with van der Waals surface area (Å²) < 4.78 is 10.2. The van der Waals surface area contributed by atoms with Crippen LogP contribution in [-0.2, 0) is 20.8 Å². The Kier molecular flexibility index (Phi) is 4.72. The molecule has 0 aromatic heterocycles. The molecule has 0 amide bonds. The minimum absolute atomic E-state index is 0.0216. The number of carbonyl (C=O) groups is 1. The maximum absolute atomic E-state index is 11.8. The summed E-state index contributed by atoms with van der Waals surface area (Å²) in [5.74, 6) is -0.251. The number of ether oxygens (including phenoxy) is 2. The molecule has 1 heterocycles. The van der Waals surface area contributed by atoms with Crippen molar-refractivity contribution in [1.29, 1.82) is 5.26 Å². The van der Waals surface area contributed by atoms with Gasteiger partial charge in [-0.2, -0.15) is 5.26 Å². The summed E-state index contributed by atoms with van der Waals surface area (Å²) in [6.07, 6.45) is 0.645. The number of benzene rings is 1. The van der Waals surface area contributed by atoms with E-state index >= 15 is 0 Å². The molecule has 0 radical (unpaired) electrons. The van der Waals surface area contributed by atoms with Crippen molar-refractivity contribution in [2.45, 2.75) is 25.1 Å². The van der Waals surface area contributed by atoms with Gasteiger partial charge in [0.1, 0.15) is 6.04 Å². The summed E-state index contributed by atoms with van der Waals surface area (Å²) >= 11 is 0. The van der Waals surface area contributed by atoms with Crippen molar-refractivity contribution < 1.29 is 14.3 Å². The first-order valence-electron chi connectivity index (χ1n) is 6.52. The zero-order valence-electron chi connectivity index (χ0n) is 11.7. The number of esters is 1. The fourth-order valence-corrected chi connectivity index (χ4v) is 2.57. The van der Waals surface area contributed by atoms with Crippen molar-refractivity contribution >= 4 is 5.97 Å². The quantitative estimate of drug-likeness (QED) is 0.775. The molecule has 2 rings (SSSR count). The van der Waals surface area contributed by atoms with Crippen molar-refractivity contribution in [3.63, 3.8) is 0 Å². The van der Waals surface area contributed by atoms with Crippen molar-refractivity contribution in [2.75, 3.05) is 20.8 Å². The van der Waals surface area contributed by atoms with Gasteiger partial charge in [-0.1, -0.05) is 18.2 Å². The minimum Gasteiger partial charge on any atom is -0.468 e. The first-order valence-corrected chi connectivity index (χ1v) is 6.52. The zero-order valence-corrected chi connectivity index (χ0v) is 11.7. The summed E-state index contributed by atoms with van der Waals surface area (Å²) in [6, 6.07) is 9.30. The predicted molar refractivity (Wildman–Crippen MR) is 72.8 cm³/mol. The van der Waals surface area contributed by atoms with Gasteiger partial charge < -0.3 is 9.47 Å². The average Bonchev–Trinajstić information content (AvgIpc) is 2.90.